The van der Waals surface area contributed by atoms with Crippen LogP contribution in [0.5, 0.6) is 0 Å². The van der Waals surface area contributed by atoms with Crippen LogP contribution in [0.25, 0.3) is 0 Å². The molecule has 1 amide bonds. The highest BCUT2D eigenvalue weighted by Gasteiger charge is 2.26. The molecule has 1 N–H and O–H groups in total. The van der Waals surface area contributed by atoms with E-state index in [2.05, 4.69) is 12.2 Å². The fourth-order valence-corrected chi connectivity index (χ4v) is 3.18. The van der Waals surface area contributed by atoms with Crippen LogP contribution in [0.15, 0.2) is 0 Å². The quantitative estimate of drug-likeness (QED) is 0.187. The third-order valence-electron chi connectivity index (χ3n) is 5.17. The Morgan fingerprint density at radius 3 is 1.59 bits per heavy atom. The molecule has 0 aliphatic heterocycles. The Morgan fingerprint density at radius 1 is 0.655 bits per heavy atom. The molecule has 0 saturated heterocycles. The molecule has 0 aromatic rings. The van der Waals surface area contributed by atoms with E-state index in [9.17, 15) is 9.59 Å². The molecule has 0 heterocycles. The Hall–Kier alpha value is -1.26. The molecular weight excluding hydrogens is 366 g/mol. The van der Waals surface area contributed by atoms with Gasteiger partial charge in [-0.25, -0.2) is 9.59 Å². The van der Waals surface area contributed by atoms with E-state index >= 15 is 0 Å². The smallest absolute Gasteiger partial charge is 0.407 e. The largest absolute Gasteiger partial charge is 0.464 e. The summed E-state index contributed by atoms with van der Waals surface area (Å²) in [5.41, 5.74) is 0. The van der Waals surface area contributed by atoms with Crippen molar-refractivity contribution in [2.24, 2.45) is 5.92 Å². The van der Waals surface area contributed by atoms with Gasteiger partial charge in [0.05, 0.1) is 13.2 Å². The highest BCUT2D eigenvalue weighted by atomic mass is 16.6. The van der Waals surface area contributed by atoms with Crippen LogP contribution in [0.3, 0.4) is 0 Å². The lowest BCUT2D eigenvalue weighted by atomic mass is 10.0. The van der Waals surface area contributed by atoms with Gasteiger partial charge in [-0.15, -0.1) is 0 Å². The molecule has 0 rings (SSSR count). The summed E-state index contributed by atoms with van der Waals surface area (Å²) in [5, 5.41) is 2.64. The van der Waals surface area contributed by atoms with Crippen molar-refractivity contribution < 1.29 is 19.1 Å². The Labute approximate surface area is 179 Å². The zero-order valence-electron chi connectivity index (χ0n) is 19.6. The van der Waals surface area contributed by atoms with Gasteiger partial charge in [-0.05, 0) is 18.8 Å². The third kappa shape index (κ3) is 17.3. The van der Waals surface area contributed by atoms with E-state index in [4.69, 9.17) is 9.47 Å². The van der Waals surface area contributed by atoms with Gasteiger partial charge >= 0.3 is 12.1 Å². The number of alkyl carbamates (subject to hydrolysis) is 1. The van der Waals surface area contributed by atoms with Crippen LogP contribution in [-0.2, 0) is 14.3 Å². The molecule has 0 aromatic heterocycles. The highest BCUT2D eigenvalue weighted by molar-refractivity contribution is 5.81. The molecule has 0 aliphatic rings. The molecule has 0 saturated carbocycles. The molecular formula is C24H47NO4. The van der Waals surface area contributed by atoms with Crippen molar-refractivity contribution >= 4 is 12.1 Å². The van der Waals surface area contributed by atoms with Crippen LogP contribution in [0.2, 0.25) is 0 Å². The lowest BCUT2D eigenvalue weighted by Crippen LogP contribution is -2.45. The zero-order chi connectivity index (χ0) is 21.7. The number of carbonyl (C=O) groups is 2. The second-order valence-electron chi connectivity index (χ2n) is 8.41. The van der Waals surface area contributed by atoms with Crippen LogP contribution in [0.1, 0.15) is 118 Å². The van der Waals surface area contributed by atoms with Gasteiger partial charge in [0.2, 0.25) is 0 Å². The molecule has 0 fully saturated rings. The maximum absolute atomic E-state index is 12.3. The number of amides is 1. The summed E-state index contributed by atoms with van der Waals surface area (Å²) in [6, 6.07) is -0.651. The van der Waals surface area contributed by atoms with Crippen molar-refractivity contribution in [3.05, 3.63) is 0 Å². The van der Waals surface area contributed by atoms with Crippen LogP contribution in [0, 0.1) is 5.92 Å². The summed E-state index contributed by atoms with van der Waals surface area (Å²) >= 11 is 0. The number of unbranched alkanes of at least 4 members (excludes halogenated alkanes) is 12. The number of ether oxygens (including phenoxy) is 2. The number of nitrogens with one attached hydrogen (secondary N) is 1. The molecule has 1 atom stereocenters. The second kappa shape index (κ2) is 20.0. The average molecular weight is 414 g/mol. The van der Waals surface area contributed by atoms with Crippen molar-refractivity contribution in [3.63, 3.8) is 0 Å². The maximum Gasteiger partial charge on any atom is 0.407 e. The summed E-state index contributed by atoms with van der Waals surface area (Å²) < 4.78 is 10.5. The molecule has 172 valence electrons. The Kier molecular flexibility index (Phi) is 19.2. The maximum atomic E-state index is 12.3. The van der Waals surface area contributed by atoms with Crippen molar-refractivity contribution in [1.82, 2.24) is 5.32 Å². The lowest BCUT2D eigenvalue weighted by molar-refractivity contribution is -0.147. The second-order valence-corrected chi connectivity index (χ2v) is 8.41. The monoisotopic (exact) mass is 413 g/mol. The van der Waals surface area contributed by atoms with Crippen LogP contribution < -0.4 is 5.32 Å². The summed E-state index contributed by atoms with van der Waals surface area (Å²) in [5.74, 6) is -0.404. The van der Waals surface area contributed by atoms with E-state index < -0.39 is 12.1 Å². The molecule has 1 unspecified atom stereocenters. The van der Waals surface area contributed by atoms with Gasteiger partial charge in [0.15, 0.2) is 0 Å². The first-order chi connectivity index (χ1) is 14.0. The van der Waals surface area contributed by atoms with Gasteiger partial charge in [-0.2, -0.15) is 0 Å². The number of esters is 1. The van der Waals surface area contributed by atoms with Crippen molar-refractivity contribution in [3.8, 4) is 0 Å². The molecule has 29 heavy (non-hydrogen) atoms. The molecule has 0 bridgehead atoms. The minimum atomic E-state index is -0.651. The minimum Gasteiger partial charge on any atom is -0.464 e. The molecule has 0 spiro atoms. The van der Waals surface area contributed by atoms with Gasteiger partial charge in [-0.1, -0.05) is 105 Å². The van der Waals surface area contributed by atoms with Crippen LogP contribution in [0.4, 0.5) is 4.79 Å². The Bertz CT molecular complexity index is 398. The molecule has 5 heteroatoms. The molecule has 0 aromatic carbocycles. The number of hydrogen-bond donors (Lipinski definition) is 1. The van der Waals surface area contributed by atoms with Crippen LogP contribution in [-0.4, -0.2) is 31.3 Å². The zero-order valence-corrected chi connectivity index (χ0v) is 19.6. The first kappa shape index (κ1) is 27.7. The predicted octanol–water partition coefficient (Wildman–Crippen LogP) is 6.78. The van der Waals surface area contributed by atoms with E-state index in [1.807, 2.05) is 20.8 Å². The van der Waals surface area contributed by atoms with Gasteiger partial charge in [0.1, 0.15) is 6.04 Å². The Morgan fingerprint density at radius 2 is 1.10 bits per heavy atom. The van der Waals surface area contributed by atoms with Gasteiger partial charge in [-0.3, -0.25) is 0 Å². The minimum absolute atomic E-state index is 0.0387. The van der Waals surface area contributed by atoms with Crippen molar-refractivity contribution in [2.75, 3.05) is 13.2 Å². The third-order valence-corrected chi connectivity index (χ3v) is 5.17. The Balaban J connectivity index is 3.69. The summed E-state index contributed by atoms with van der Waals surface area (Å²) in [6.07, 6.45) is 16.6. The van der Waals surface area contributed by atoms with E-state index in [1.165, 1.54) is 64.2 Å². The standard InChI is InChI=1S/C24H47NO4/c1-5-7-9-10-11-12-13-14-15-16-17-18-20-28-23(26)22(21(3)4)25-24(27)29-19-8-6-2/h21-22H,5-20H2,1-4H3,(H,25,27). The molecule has 0 radical (unpaired) electrons. The average Bonchev–Trinajstić information content (AvgIpc) is 2.69. The van der Waals surface area contributed by atoms with E-state index in [-0.39, 0.29) is 11.9 Å². The summed E-state index contributed by atoms with van der Waals surface area (Å²) in [4.78, 5) is 24.0. The number of carbonyl (C=O) groups excluding carboxylic acids is 2. The van der Waals surface area contributed by atoms with Gasteiger partial charge < -0.3 is 14.8 Å². The topological polar surface area (TPSA) is 64.6 Å². The lowest BCUT2D eigenvalue weighted by Gasteiger charge is -2.20. The fraction of sp³-hybridized carbons (Fsp3) is 0.917. The van der Waals surface area contributed by atoms with Crippen LogP contribution >= 0.6 is 0 Å². The predicted molar refractivity (Wildman–Crippen MR) is 120 cm³/mol. The summed E-state index contributed by atoms with van der Waals surface area (Å²) in [6.45, 7) is 8.87. The van der Waals surface area contributed by atoms with Crippen molar-refractivity contribution in [2.45, 2.75) is 124 Å². The van der Waals surface area contributed by atoms with E-state index in [1.54, 1.807) is 0 Å². The van der Waals surface area contributed by atoms with Gasteiger partial charge in [0.25, 0.3) is 0 Å². The SMILES string of the molecule is CCCCCCCCCCCCCCOC(=O)C(NC(=O)OCCCC)C(C)C. The normalized spacial score (nSPS) is 12.0. The number of hydrogen-bond acceptors (Lipinski definition) is 4. The first-order valence-electron chi connectivity index (χ1n) is 12.1. The van der Waals surface area contributed by atoms with E-state index in [0.717, 1.165) is 25.7 Å². The van der Waals surface area contributed by atoms with Crippen molar-refractivity contribution in [1.29, 1.82) is 0 Å². The highest BCUT2D eigenvalue weighted by Crippen LogP contribution is 2.12. The molecule has 0 aliphatic carbocycles. The summed E-state index contributed by atoms with van der Waals surface area (Å²) in [7, 11) is 0. The first-order valence-corrected chi connectivity index (χ1v) is 12.1. The van der Waals surface area contributed by atoms with E-state index in [0.29, 0.717) is 13.2 Å². The molecule has 5 nitrogen and oxygen atoms in total. The number of rotatable bonds is 19. The fourth-order valence-electron chi connectivity index (χ4n) is 3.18. The van der Waals surface area contributed by atoms with Gasteiger partial charge in [0, 0.05) is 0 Å².